The molecular weight excluding hydrogens is 232 g/mol. The van der Waals surface area contributed by atoms with E-state index in [0.29, 0.717) is 18.9 Å². The van der Waals surface area contributed by atoms with Gasteiger partial charge in [-0.15, -0.1) is 0 Å². The number of hydrogen-bond donors (Lipinski definition) is 1. The van der Waals surface area contributed by atoms with Crippen molar-refractivity contribution in [1.29, 1.82) is 0 Å². The van der Waals surface area contributed by atoms with Gasteiger partial charge in [0.2, 0.25) is 11.8 Å². The first-order valence-electron chi connectivity index (χ1n) is 6.60. The minimum atomic E-state index is -0.804. The first-order valence-corrected chi connectivity index (χ1v) is 6.60. The lowest BCUT2D eigenvalue weighted by molar-refractivity contribution is -0.139. The molecule has 2 rings (SSSR count). The van der Waals surface area contributed by atoms with E-state index in [2.05, 4.69) is 5.32 Å². The van der Waals surface area contributed by atoms with Crippen LogP contribution in [-0.2, 0) is 14.3 Å². The Morgan fingerprint density at radius 3 is 2.78 bits per heavy atom. The van der Waals surface area contributed by atoms with E-state index in [4.69, 9.17) is 4.74 Å². The van der Waals surface area contributed by atoms with Crippen molar-refractivity contribution in [2.45, 2.75) is 45.2 Å². The molecular formula is C13H22N2O3. The number of nitrogens with zero attached hydrogens (tertiary/aromatic N) is 1. The molecule has 102 valence electrons. The maximum atomic E-state index is 12.5. The molecule has 1 N–H and O–H groups in total. The summed E-state index contributed by atoms with van der Waals surface area (Å²) in [7, 11) is 0. The number of rotatable bonds is 2. The molecule has 0 spiro atoms. The minimum absolute atomic E-state index is 0.00718. The topological polar surface area (TPSA) is 58.6 Å². The predicted molar refractivity (Wildman–Crippen MR) is 66.9 cm³/mol. The van der Waals surface area contributed by atoms with Crippen molar-refractivity contribution in [1.82, 2.24) is 10.2 Å². The molecule has 18 heavy (non-hydrogen) atoms. The molecule has 2 aliphatic rings. The van der Waals surface area contributed by atoms with Gasteiger partial charge in [-0.3, -0.25) is 9.59 Å². The Balaban J connectivity index is 2.13. The second kappa shape index (κ2) is 4.88. The molecule has 2 aliphatic heterocycles. The van der Waals surface area contributed by atoms with Crippen LogP contribution >= 0.6 is 0 Å². The highest BCUT2D eigenvalue weighted by atomic mass is 16.5. The van der Waals surface area contributed by atoms with Crippen LogP contribution in [0.25, 0.3) is 0 Å². The van der Waals surface area contributed by atoms with E-state index in [1.54, 1.807) is 13.8 Å². The summed E-state index contributed by atoms with van der Waals surface area (Å²) in [6.07, 6.45) is 1.38. The maximum Gasteiger partial charge on any atom is 0.248 e. The third-order valence-corrected chi connectivity index (χ3v) is 3.74. The van der Waals surface area contributed by atoms with Gasteiger partial charge in [0.25, 0.3) is 0 Å². The fourth-order valence-electron chi connectivity index (χ4n) is 2.66. The van der Waals surface area contributed by atoms with Gasteiger partial charge in [-0.05, 0) is 27.2 Å². The molecule has 5 nitrogen and oxygen atoms in total. The smallest absolute Gasteiger partial charge is 0.248 e. The lowest BCUT2D eigenvalue weighted by atomic mass is 10.0. The predicted octanol–water partition coefficient (Wildman–Crippen LogP) is 0.539. The van der Waals surface area contributed by atoms with E-state index in [1.165, 1.54) is 0 Å². The highest BCUT2D eigenvalue weighted by molar-refractivity contribution is 5.93. The molecule has 0 aliphatic carbocycles. The number of nitrogens with one attached hydrogen (secondary N) is 1. The van der Waals surface area contributed by atoms with E-state index in [1.807, 2.05) is 11.8 Å². The summed E-state index contributed by atoms with van der Waals surface area (Å²) < 4.78 is 5.35. The van der Waals surface area contributed by atoms with E-state index < -0.39 is 5.54 Å². The van der Waals surface area contributed by atoms with Crippen LogP contribution in [0, 0.1) is 5.92 Å². The molecule has 0 aromatic rings. The standard InChI is InChI=1S/C13H22N2O3/c1-9-6-11(16)14-13(2,3)12(17)15(9)7-10-4-5-18-8-10/h9-10H,4-8H2,1-3H3,(H,14,16). The van der Waals surface area contributed by atoms with E-state index in [9.17, 15) is 9.59 Å². The average molecular weight is 254 g/mol. The summed E-state index contributed by atoms with van der Waals surface area (Å²) in [5.74, 6) is 0.360. The quantitative estimate of drug-likeness (QED) is 0.782. The fraction of sp³-hybridized carbons (Fsp3) is 0.846. The zero-order valence-corrected chi connectivity index (χ0v) is 11.4. The molecule has 0 saturated carbocycles. The van der Waals surface area contributed by atoms with Gasteiger partial charge in [-0.25, -0.2) is 0 Å². The lowest BCUT2D eigenvalue weighted by Gasteiger charge is -2.33. The second-order valence-electron chi connectivity index (χ2n) is 5.91. The van der Waals surface area contributed by atoms with Crippen molar-refractivity contribution in [3.63, 3.8) is 0 Å². The number of carbonyl (C=O) groups is 2. The Labute approximate surface area is 108 Å². The van der Waals surface area contributed by atoms with Crippen molar-refractivity contribution >= 4 is 11.8 Å². The van der Waals surface area contributed by atoms with Gasteiger partial charge in [-0.2, -0.15) is 0 Å². The van der Waals surface area contributed by atoms with Crippen molar-refractivity contribution in [2.24, 2.45) is 5.92 Å². The van der Waals surface area contributed by atoms with Gasteiger partial charge < -0.3 is 15.0 Å². The molecule has 2 fully saturated rings. The Bertz CT molecular complexity index is 348. The van der Waals surface area contributed by atoms with Crippen LogP contribution in [0.2, 0.25) is 0 Å². The number of ether oxygens (including phenoxy) is 1. The molecule has 2 unspecified atom stereocenters. The first kappa shape index (κ1) is 13.3. The molecule has 0 radical (unpaired) electrons. The Kier molecular flexibility index (Phi) is 3.61. The second-order valence-corrected chi connectivity index (χ2v) is 5.91. The van der Waals surface area contributed by atoms with E-state index >= 15 is 0 Å². The zero-order valence-electron chi connectivity index (χ0n) is 11.4. The first-order chi connectivity index (χ1) is 8.40. The van der Waals surface area contributed by atoms with Crippen molar-refractivity contribution in [2.75, 3.05) is 19.8 Å². The summed E-state index contributed by atoms with van der Waals surface area (Å²) in [5, 5.41) is 2.79. The zero-order chi connectivity index (χ0) is 13.3. The highest BCUT2D eigenvalue weighted by Crippen LogP contribution is 2.22. The van der Waals surface area contributed by atoms with E-state index in [-0.39, 0.29) is 17.9 Å². The molecule has 2 amide bonds. The molecule has 5 heteroatoms. The summed E-state index contributed by atoms with van der Waals surface area (Å²) in [6.45, 7) is 7.67. The summed E-state index contributed by atoms with van der Waals surface area (Å²) in [5.41, 5.74) is -0.804. The fourth-order valence-corrected chi connectivity index (χ4v) is 2.66. The van der Waals surface area contributed by atoms with Gasteiger partial charge in [0.05, 0.1) is 6.61 Å². The van der Waals surface area contributed by atoms with Gasteiger partial charge >= 0.3 is 0 Å². The Morgan fingerprint density at radius 2 is 2.17 bits per heavy atom. The van der Waals surface area contributed by atoms with Crippen molar-refractivity contribution in [3.8, 4) is 0 Å². The van der Waals surface area contributed by atoms with Gasteiger partial charge in [0.1, 0.15) is 5.54 Å². The van der Waals surface area contributed by atoms with Crippen molar-refractivity contribution in [3.05, 3.63) is 0 Å². The molecule has 2 atom stereocenters. The maximum absolute atomic E-state index is 12.5. The summed E-state index contributed by atoms with van der Waals surface area (Å²) in [6, 6.07) is -0.0418. The Morgan fingerprint density at radius 1 is 1.44 bits per heavy atom. The van der Waals surface area contributed by atoms with Crippen LogP contribution in [0.5, 0.6) is 0 Å². The molecule has 0 aromatic carbocycles. The average Bonchev–Trinajstić information content (AvgIpc) is 2.73. The monoisotopic (exact) mass is 254 g/mol. The number of amides is 2. The van der Waals surface area contributed by atoms with Crippen LogP contribution in [0.15, 0.2) is 0 Å². The molecule has 0 bridgehead atoms. The van der Waals surface area contributed by atoms with Crippen LogP contribution in [0.3, 0.4) is 0 Å². The van der Waals surface area contributed by atoms with Crippen LogP contribution < -0.4 is 5.32 Å². The summed E-state index contributed by atoms with van der Waals surface area (Å²) >= 11 is 0. The van der Waals surface area contributed by atoms with Crippen molar-refractivity contribution < 1.29 is 14.3 Å². The Hall–Kier alpha value is -1.10. The van der Waals surface area contributed by atoms with E-state index in [0.717, 1.165) is 19.6 Å². The van der Waals surface area contributed by atoms with Crippen LogP contribution in [0.1, 0.15) is 33.6 Å². The normalized spacial score (nSPS) is 32.3. The SMILES string of the molecule is CC1CC(=O)NC(C)(C)C(=O)N1CC1CCOC1. The molecule has 2 saturated heterocycles. The third kappa shape index (κ3) is 2.66. The van der Waals surface area contributed by atoms with Crippen LogP contribution in [0.4, 0.5) is 0 Å². The van der Waals surface area contributed by atoms with Gasteiger partial charge in [0.15, 0.2) is 0 Å². The minimum Gasteiger partial charge on any atom is -0.381 e. The van der Waals surface area contributed by atoms with Gasteiger partial charge in [-0.1, -0.05) is 0 Å². The molecule has 2 heterocycles. The number of carbonyl (C=O) groups excluding carboxylic acids is 2. The summed E-state index contributed by atoms with van der Waals surface area (Å²) in [4.78, 5) is 26.0. The van der Waals surface area contributed by atoms with Gasteiger partial charge in [0, 0.05) is 31.5 Å². The largest absolute Gasteiger partial charge is 0.381 e. The van der Waals surface area contributed by atoms with Crippen LogP contribution in [-0.4, -0.2) is 48.1 Å². The highest BCUT2D eigenvalue weighted by Gasteiger charge is 2.40. The number of hydrogen-bond acceptors (Lipinski definition) is 3. The lowest BCUT2D eigenvalue weighted by Crippen LogP contribution is -2.54. The molecule has 0 aromatic heterocycles. The third-order valence-electron chi connectivity index (χ3n) is 3.74.